The van der Waals surface area contributed by atoms with E-state index in [1.807, 2.05) is 6.26 Å². The summed E-state index contributed by atoms with van der Waals surface area (Å²) in [7, 11) is -3.84. The van der Waals surface area contributed by atoms with Gasteiger partial charge in [0.1, 0.15) is 5.82 Å². The zero-order valence-corrected chi connectivity index (χ0v) is 14.8. The van der Waals surface area contributed by atoms with Gasteiger partial charge in [0.05, 0.1) is 20.8 Å². The first-order valence-corrected chi connectivity index (χ1v) is 10.1. The minimum atomic E-state index is -3.84. The number of thiazole rings is 1. The first kappa shape index (κ1) is 16.2. The minimum Gasteiger partial charge on any atom is -0.280 e. The monoisotopic (exact) mass is 368 g/mol. The predicted molar refractivity (Wildman–Crippen MR) is 93.3 cm³/mol. The molecule has 0 saturated carbocycles. The standard InChI is InChI=1S/C15H13FN2O2S3/c1-9-3-4-10(16)7-14(9)23(19,20)18-11-5-6-12-13(8-11)22-15(17-12)21-2/h3-8,18H,1-2H3. The minimum absolute atomic E-state index is 0.0632. The first-order chi connectivity index (χ1) is 10.9. The molecule has 2 aromatic carbocycles. The summed E-state index contributed by atoms with van der Waals surface area (Å²) >= 11 is 3.04. The van der Waals surface area contributed by atoms with Crippen molar-refractivity contribution < 1.29 is 12.8 Å². The molecule has 1 aromatic heterocycles. The molecule has 0 aliphatic rings. The summed E-state index contributed by atoms with van der Waals surface area (Å²) in [6.07, 6.45) is 1.94. The van der Waals surface area contributed by atoms with Crippen LogP contribution in [0.2, 0.25) is 0 Å². The molecule has 23 heavy (non-hydrogen) atoms. The lowest BCUT2D eigenvalue weighted by Crippen LogP contribution is -2.14. The summed E-state index contributed by atoms with van der Waals surface area (Å²) in [4.78, 5) is 4.34. The van der Waals surface area contributed by atoms with E-state index in [-0.39, 0.29) is 4.90 Å². The summed E-state index contributed by atoms with van der Waals surface area (Å²) in [6.45, 7) is 1.63. The number of hydrogen-bond donors (Lipinski definition) is 1. The van der Waals surface area contributed by atoms with Crippen LogP contribution in [0.4, 0.5) is 10.1 Å². The Kier molecular flexibility index (Phi) is 4.31. The molecule has 3 rings (SSSR count). The zero-order valence-electron chi connectivity index (χ0n) is 12.3. The SMILES string of the molecule is CSc1nc2ccc(NS(=O)(=O)c3cc(F)ccc3C)cc2s1. The largest absolute Gasteiger partial charge is 0.280 e. The molecule has 4 nitrogen and oxygen atoms in total. The second-order valence-electron chi connectivity index (χ2n) is 4.88. The number of benzene rings is 2. The molecule has 120 valence electrons. The average molecular weight is 368 g/mol. The molecule has 1 N–H and O–H groups in total. The number of aryl methyl sites for hydroxylation is 1. The lowest BCUT2D eigenvalue weighted by atomic mass is 10.2. The summed E-state index contributed by atoms with van der Waals surface area (Å²) in [5.74, 6) is -0.585. The zero-order chi connectivity index (χ0) is 16.6. The topological polar surface area (TPSA) is 59.1 Å². The Balaban J connectivity index is 1.98. The number of rotatable bonds is 4. The summed E-state index contributed by atoms with van der Waals surface area (Å²) in [5, 5.41) is 0. The van der Waals surface area contributed by atoms with Gasteiger partial charge in [0, 0.05) is 0 Å². The van der Waals surface area contributed by atoms with Crippen molar-refractivity contribution in [3.63, 3.8) is 0 Å². The first-order valence-electron chi connectivity index (χ1n) is 6.62. The van der Waals surface area contributed by atoms with Crippen LogP contribution < -0.4 is 4.72 Å². The fourth-order valence-corrected chi connectivity index (χ4v) is 4.96. The Labute approximate surface area is 141 Å². The highest BCUT2D eigenvalue weighted by Crippen LogP contribution is 2.30. The molecule has 0 unspecified atom stereocenters. The number of nitrogens with one attached hydrogen (secondary N) is 1. The van der Waals surface area contributed by atoms with Crippen LogP contribution in [-0.2, 0) is 10.0 Å². The van der Waals surface area contributed by atoms with Gasteiger partial charge in [-0.1, -0.05) is 17.8 Å². The third-order valence-electron chi connectivity index (χ3n) is 3.24. The lowest BCUT2D eigenvalue weighted by molar-refractivity contribution is 0.594. The molecular formula is C15H13FN2O2S3. The molecule has 0 amide bonds. The van der Waals surface area contributed by atoms with Gasteiger partial charge >= 0.3 is 0 Å². The Morgan fingerprint density at radius 3 is 2.74 bits per heavy atom. The molecule has 3 aromatic rings. The molecule has 1 heterocycles. The van der Waals surface area contributed by atoms with Crippen LogP contribution in [0.5, 0.6) is 0 Å². The molecule has 0 aliphatic heterocycles. The van der Waals surface area contributed by atoms with Crippen molar-refractivity contribution in [1.29, 1.82) is 0 Å². The second kappa shape index (κ2) is 6.10. The van der Waals surface area contributed by atoms with Crippen molar-refractivity contribution in [2.45, 2.75) is 16.2 Å². The van der Waals surface area contributed by atoms with Crippen LogP contribution in [0.15, 0.2) is 45.6 Å². The van der Waals surface area contributed by atoms with Crippen LogP contribution in [0, 0.1) is 12.7 Å². The molecule has 0 aliphatic carbocycles. The summed E-state index contributed by atoms with van der Waals surface area (Å²) in [6, 6.07) is 8.86. The Morgan fingerprint density at radius 1 is 1.22 bits per heavy atom. The summed E-state index contributed by atoms with van der Waals surface area (Å²) < 4.78 is 42.6. The Hall–Kier alpha value is -1.64. The van der Waals surface area contributed by atoms with E-state index in [1.165, 1.54) is 23.5 Å². The molecular weight excluding hydrogens is 355 g/mol. The van der Waals surface area contributed by atoms with E-state index in [9.17, 15) is 12.8 Å². The van der Waals surface area contributed by atoms with Crippen LogP contribution in [0.25, 0.3) is 10.2 Å². The van der Waals surface area contributed by atoms with Crippen molar-refractivity contribution in [3.8, 4) is 0 Å². The van der Waals surface area contributed by atoms with Crippen molar-refractivity contribution in [1.82, 2.24) is 4.98 Å². The lowest BCUT2D eigenvalue weighted by Gasteiger charge is -2.10. The van der Waals surface area contributed by atoms with Crippen LogP contribution in [-0.4, -0.2) is 19.7 Å². The highest BCUT2D eigenvalue weighted by molar-refractivity contribution is 8.00. The van der Waals surface area contributed by atoms with E-state index in [0.717, 1.165) is 20.6 Å². The van der Waals surface area contributed by atoms with E-state index < -0.39 is 15.8 Å². The maximum Gasteiger partial charge on any atom is 0.262 e. The van der Waals surface area contributed by atoms with E-state index >= 15 is 0 Å². The number of hydrogen-bond acceptors (Lipinski definition) is 5. The highest BCUT2D eigenvalue weighted by atomic mass is 32.2. The second-order valence-corrected chi connectivity index (χ2v) is 8.62. The van der Waals surface area contributed by atoms with Gasteiger partial charge in [-0.25, -0.2) is 17.8 Å². The van der Waals surface area contributed by atoms with Crippen LogP contribution >= 0.6 is 23.1 Å². The Bertz CT molecular complexity index is 984. The third kappa shape index (κ3) is 3.34. The molecule has 8 heteroatoms. The normalized spacial score (nSPS) is 11.8. The van der Waals surface area contributed by atoms with Crippen molar-refractivity contribution in [3.05, 3.63) is 47.8 Å². The number of aromatic nitrogens is 1. The molecule has 0 atom stereocenters. The van der Waals surface area contributed by atoms with Crippen molar-refractivity contribution in [2.75, 3.05) is 11.0 Å². The van der Waals surface area contributed by atoms with Gasteiger partial charge in [0.15, 0.2) is 4.34 Å². The van der Waals surface area contributed by atoms with Crippen LogP contribution in [0.1, 0.15) is 5.56 Å². The molecule has 0 radical (unpaired) electrons. The molecule has 0 saturated heterocycles. The van der Waals surface area contributed by atoms with Crippen molar-refractivity contribution in [2.24, 2.45) is 0 Å². The summed E-state index contributed by atoms with van der Waals surface area (Å²) in [5.41, 5.74) is 1.74. The van der Waals surface area contributed by atoms with Crippen LogP contribution in [0.3, 0.4) is 0 Å². The third-order valence-corrected chi connectivity index (χ3v) is 6.76. The fourth-order valence-electron chi connectivity index (χ4n) is 2.13. The van der Waals surface area contributed by atoms with E-state index in [4.69, 9.17) is 0 Å². The van der Waals surface area contributed by atoms with Gasteiger partial charge in [-0.2, -0.15) is 0 Å². The number of thioether (sulfide) groups is 1. The number of anilines is 1. The van der Waals surface area contributed by atoms with Gasteiger partial charge in [-0.05, 0) is 49.1 Å². The number of fused-ring (bicyclic) bond motifs is 1. The van der Waals surface area contributed by atoms with Crippen molar-refractivity contribution >= 4 is 49.0 Å². The van der Waals surface area contributed by atoms with Gasteiger partial charge in [-0.3, -0.25) is 4.72 Å². The van der Waals surface area contributed by atoms with E-state index in [2.05, 4.69) is 9.71 Å². The highest BCUT2D eigenvalue weighted by Gasteiger charge is 2.18. The quantitative estimate of drug-likeness (QED) is 0.699. The number of sulfonamides is 1. The van der Waals surface area contributed by atoms with Gasteiger partial charge in [0.2, 0.25) is 0 Å². The smallest absolute Gasteiger partial charge is 0.262 e. The average Bonchev–Trinajstić information content (AvgIpc) is 2.91. The van der Waals surface area contributed by atoms with E-state index in [0.29, 0.717) is 11.3 Å². The number of nitrogens with zero attached hydrogens (tertiary/aromatic N) is 1. The molecule has 0 spiro atoms. The van der Waals surface area contributed by atoms with Gasteiger partial charge in [-0.15, -0.1) is 11.3 Å². The predicted octanol–water partition coefficient (Wildman–Crippen LogP) is 4.27. The van der Waals surface area contributed by atoms with E-state index in [1.54, 1.807) is 36.9 Å². The molecule has 0 bridgehead atoms. The maximum absolute atomic E-state index is 13.4. The van der Waals surface area contributed by atoms with Gasteiger partial charge in [0.25, 0.3) is 10.0 Å². The number of halogens is 1. The van der Waals surface area contributed by atoms with Gasteiger partial charge < -0.3 is 0 Å². The Morgan fingerprint density at radius 2 is 2.00 bits per heavy atom. The maximum atomic E-state index is 13.4. The fraction of sp³-hybridized carbons (Fsp3) is 0.133. The molecule has 0 fully saturated rings.